The van der Waals surface area contributed by atoms with Crippen molar-refractivity contribution in [2.75, 3.05) is 5.32 Å². The number of aryl methyl sites for hydroxylation is 1. The molecule has 0 spiro atoms. The van der Waals surface area contributed by atoms with Crippen molar-refractivity contribution in [3.8, 4) is 0 Å². The van der Waals surface area contributed by atoms with Crippen molar-refractivity contribution in [2.24, 2.45) is 0 Å². The van der Waals surface area contributed by atoms with E-state index in [2.05, 4.69) is 10.3 Å². The molecule has 1 amide bonds. The van der Waals surface area contributed by atoms with Gasteiger partial charge in [0.25, 0.3) is 0 Å². The van der Waals surface area contributed by atoms with Crippen LogP contribution < -0.4 is 5.32 Å². The SMILES string of the molecule is CCc1ccc(NC(=O)Cn2c(C(F)(F)F)nc3ccccc32)cc1. The number of anilines is 1. The lowest BCUT2D eigenvalue weighted by Crippen LogP contribution is -2.23. The molecule has 25 heavy (non-hydrogen) atoms. The number of rotatable bonds is 4. The molecule has 1 aromatic heterocycles. The van der Waals surface area contributed by atoms with E-state index >= 15 is 0 Å². The summed E-state index contributed by atoms with van der Waals surface area (Å²) in [5.41, 5.74) is 2.12. The largest absolute Gasteiger partial charge is 0.449 e. The molecule has 0 aliphatic carbocycles. The van der Waals surface area contributed by atoms with Crippen molar-refractivity contribution in [2.45, 2.75) is 26.1 Å². The fourth-order valence-electron chi connectivity index (χ4n) is 2.62. The smallest absolute Gasteiger partial charge is 0.325 e. The Morgan fingerprint density at radius 3 is 2.44 bits per heavy atom. The lowest BCUT2D eigenvalue weighted by Gasteiger charge is -2.12. The van der Waals surface area contributed by atoms with E-state index in [0.29, 0.717) is 5.69 Å². The Morgan fingerprint density at radius 2 is 1.80 bits per heavy atom. The third kappa shape index (κ3) is 3.65. The minimum atomic E-state index is -4.64. The number of carbonyl (C=O) groups excluding carboxylic acids is 1. The average Bonchev–Trinajstić information content (AvgIpc) is 2.94. The van der Waals surface area contributed by atoms with Crippen LogP contribution in [0.3, 0.4) is 0 Å². The van der Waals surface area contributed by atoms with Gasteiger partial charge >= 0.3 is 6.18 Å². The second-order valence-electron chi connectivity index (χ2n) is 5.61. The Hall–Kier alpha value is -2.83. The molecule has 0 unspecified atom stereocenters. The molecule has 0 atom stereocenters. The highest BCUT2D eigenvalue weighted by atomic mass is 19.4. The van der Waals surface area contributed by atoms with E-state index in [9.17, 15) is 18.0 Å². The predicted molar refractivity (Wildman–Crippen MR) is 89.2 cm³/mol. The number of hydrogen-bond acceptors (Lipinski definition) is 2. The van der Waals surface area contributed by atoms with Crippen molar-refractivity contribution in [3.63, 3.8) is 0 Å². The first-order valence-electron chi connectivity index (χ1n) is 7.79. The number of aromatic nitrogens is 2. The lowest BCUT2D eigenvalue weighted by atomic mass is 10.1. The van der Waals surface area contributed by atoms with Gasteiger partial charge in [-0.2, -0.15) is 13.2 Å². The summed E-state index contributed by atoms with van der Waals surface area (Å²) in [6.45, 7) is 1.54. The third-order valence-electron chi connectivity index (χ3n) is 3.86. The molecule has 0 radical (unpaired) electrons. The molecule has 1 N–H and O–H groups in total. The molecule has 0 aliphatic rings. The summed E-state index contributed by atoms with van der Waals surface area (Å²) in [6.07, 6.45) is -3.77. The van der Waals surface area contributed by atoms with Crippen LogP contribution in [0.5, 0.6) is 0 Å². The van der Waals surface area contributed by atoms with Crippen LogP contribution in [0, 0.1) is 0 Å². The molecule has 0 aliphatic heterocycles. The Bertz CT molecular complexity index is 898. The molecule has 0 saturated heterocycles. The third-order valence-corrected chi connectivity index (χ3v) is 3.86. The number of amides is 1. The van der Waals surface area contributed by atoms with Gasteiger partial charge in [-0.25, -0.2) is 4.98 Å². The van der Waals surface area contributed by atoms with Crippen LogP contribution in [-0.2, 0) is 23.9 Å². The van der Waals surface area contributed by atoms with Crippen molar-refractivity contribution in [3.05, 3.63) is 59.9 Å². The van der Waals surface area contributed by atoms with Crippen molar-refractivity contribution < 1.29 is 18.0 Å². The molecule has 0 bridgehead atoms. The Kier molecular flexibility index (Phi) is 4.48. The van der Waals surface area contributed by atoms with Gasteiger partial charge in [0.2, 0.25) is 11.7 Å². The number of benzene rings is 2. The molecule has 0 fully saturated rings. The highest BCUT2D eigenvalue weighted by Gasteiger charge is 2.37. The first-order valence-corrected chi connectivity index (χ1v) is 7.79. The first-order chi connectivity index (χ1) is 11.9. The van der Waals surface area contributed by atoms with Gasteiger partial charge in [-0.15, -0.1) is 0 Å². The maximum Gasteiger partial charge on any atom is 0.449 e. The number of fused-ring (bicyclic) bond motifs is 1. The van der Waals surface area contributed by atoms with Gasteiger partial charge in [-0.3, -0.25) is 4.79 Å². The molecule has 7 heteroatoms. The monoisotopic (exact) mass is 347 g/mol. The van der Waals surface area contributed by atoms with Gasteiger partial charge in [0.15, 0.2) is 0 Å². The lowest BCUT2D eigenvalue weighted by molar-refractivity contribution is -0.147. The van der Waals surface area contributed by atoms with Gasteiger partial charge in [-0.05, 0) is 36.2 Å². The second kappa shape index (κ2) is 6.58. The van der Waals surface area contributed by atoms with Crippen LogP contribution in [0.15, 0.2) is 48.5 Å². The summed E-state index contributed by atoms with van der Waals surface area (Å²) in [7, 11) is 0. The normalized spacial score (nSPS) is 11.7. The molecular formula is C18H16F3N3O. The number of hydrogen-bond donors (Lipinski definition) is 1. The van der Waals surface area contributed by atoms with E-state index < -0.39 is 24.5 Å². The minimum Gasteiger partial charge on any atom is -0.325 e. The summed E-state index contributed by atoms with van der Waals surface area (Å²) >= 11 is 0. The molecule has 2 aromatic carbocycles. The molecule has 130 valence electrons. The number of nitrogens with one attached hydrogen (secondary N) is 1. The van der Waals surface area contributed by atoms with Crippen LogP contribution in [-0.4, -0.2) is 15.5 Å². The predicted octanol–water partition coefficient (Wildman–Crippen LogP) is 4.26. The number of halogens is 3. The van der Waals surface area contributed by atoms with Crippen LogP contribution in [0.2, 0.25) is 0 Å². The van der Waals surface area contributed by atoms with E-state index in [1.165, 1.54) is 12.1 Å². The minimum absolute atomic E-state index is 0.204. The number of imidazole rings is 1. The first kappa shape index (κ1) is 17.0. The van der Waals surface area contributed by atoms with E-state index in [0.717, 1.165) is 16.6 Å². The number of alkyl halides is 3. The van der Waals surface area contributed by atoms with Gasteiger partial charge in [0.05, 0.1) is 11.0 Å². The van der Waals surface area contributed by atoms with Gasteiger partial charge in [0, 0.05) is 5.69 Å². The van der Waals surface area contributed by atoms with Crippen molar-refractivity contribution >= 4 is 22.6 Å². The highest BCUT2D eigenvalue weighted by Crippen LogP contribution is 2.31. The zero-order valence-corrected chi connectivity index (χ0v) is 13.5. The Labute approximate surface area is 142 Å². The van der Waals surface area contributed by atoms with Crippen LogP contribution in [0.1, 0.15) is 18.3 Å². The molecular weight excluding hydrogens is 331 g/mol. The van der Waals surface area contributed by atoms with E-state index in [4.69, 9.17) is 0 Å². The highest BCUT2D eigenvalue weighted by molar-refractivity contribution is 5.91. The van der Waals surface area contributed by atoms with E-state index in [-0.39, 0.29) is 11.0 Å². The van der Waals surface area contributed by atoms with Crippen LogP contribution in [0.4, 0.5) is 18.9 Å². The molecule has 4 nitrogen and oxygen atoms in total. The maximum absolute atomic E-state index is 13.2. The molecule has 1 heterocycles. The topological polar surface area (TPSA) is 46.9 Å². The Balaban J connectivity index is 1.87. The van der Waals surface area contributed by atoms with Gasteiger partial charge in [0.1, 0.15) is 6.54 Å². The Morgan fingerprint density at radius 1 is 1.12 bits per heavy atom. The van der Waals surface area contributed by atoms with Crippen molar-refractivity contribution in [1.29, 1.82) is 0 Å². The molecule has 3 rings (SSSR count). The summed E-state index contributed by atoms with van der Waals surface area (Å²) < 4.78 is 40.6. The number of nitrogens with zero attached hydrogens (tertiary/aromatic N) is 2. The summed E-state index contributed by atoms with van der Waals surface area (Å²) in [5, 5.41) is 2.62. The molecule has 3 aromatic rings. The number of para-hydroxylation sites is 2. The van der Waals surface area contributed by atoms with E-state index in [1.54, 1.807) is 24.3 Å². The van der Waals surface area contributed by atoms with Crippen LogP contribution >= 0.6 is 0 Å². The van der Waals surface area contributed by atoms with Gasteiger partial charge < -0.3 is 9.88 Å². The quantitative estimate of drug-likeness (QED) is 0.767. The number of carbonyl (C=O) groups is 1. The molecule has 0 saturated carbocycles. The summed E-state index contributed by atoms with van der Waals surface area (Å²) in [6, 6.07) is 13.4. The zero-order chi connectivity index (χ0) is 18.0. The van der Waals surface area contributed by atoms with E-state index in [1.807, 2.05) is 19.1 Å². The standard InChI is InChI=1S/C18H16F3N3O/c1-2-12-7-9-13(10-8-12)22-16(25)11-24-15-6-4-3-5-14(15)23-17(24)18(19,20)21/h3-10H,2,11H2,1H3,(H,22,25). The van der Waals surface area contributed by atoms with Crippen LogP contribution in [0.25, 0.3) is 11.0 Å². The zero-order valence-electron chi connectivity index (χ0n) is 13.5. The second-order valence-corrected chi connectivity index (χ2v) is 5.61. The summed E-state index contributed by atoms with van der Waals surface area (Å²) in [4.78, 5) is 15.9. The fraction of sp³-hybridized carbons (Fsp3) is 0.222. The van der Waals surface area contributed by atoms with Gasteiger partial charge in [-0.1, -0.05) is 31.2 Å². The summed E-state index contributed by atoms with van der Waals surface area (Å²) in [5.74, 6) is -1.62. The maximum atomic E-state index is 13.2. The van der Waals surface area contributed by atoms with Crippen molar-refractivity contribution in [1.82, 2.24) is 9.55 Å². The average molecular weight is 347 g/mol. The fourth-order valence-corrected chi connectivity index (χ4v) is 2.62.